The number of piperidine rings is 1. The molecular weight excluding hydrogens is 300 g/mol. The van der Waals surface area contributed by atoms with Crippen molar-refractivity contribution >= 4 is 29.5 Å². The van der Waals surface area contributed by atoms with Crippen LogP contribution >= 0.6 is 11.6 Å². The molecule has 1 aliphatic heterocycles. The maximum atomic E-state index is 11.9. The number of nitrogens with one attached hydrogen (secondary N) is 1. The van der Waals surface area contributed by atoms with Gasteiger partial charge in [-0.3, -0.25) is 9.59 Å². The summed E-state index contributed by atoms with van der Waals surface area (Å²) in [5.41, 5.74) is 1.91. The Hall–Kier alpha value is -1.81. The second-order valence-corrected chi connectivity index (χ2v) is 6.04. The zero-order valence-electron chi connectivity index (χ0n) is 12.9. The second-order valence-electron chi connectivity index (χ2n) is 5.63. The van der Waals surface area contributed by atoms with E-state index >= 15 is 0 Å². The number of hydrogen-bond acceptors (Lipinski definition) is 2. The van der Waals surface area contributed by atoms with Crippen LogP contribution in [0.4, 0.5) is 0 Å². The average molecular weight is 321 g/mol. The van der Waals surface area contributed by atoms with Crippen LogP contribution in [-0.4, -0.2) is 35.8 Å². The van der Waals surface area contributed by atoms with Gasteiger partial charge in [0.15, 0.2) is 0 Å². The van der Waals surface area contributed by atoms with Crippen molar-refractivity contribution in [3.8, 4) is 0 Å². The maximum absolute atomic E-state index is 11.9. The highest BCUT2D eigenvalue weighted by molar-refractivity contribution is 6.31. The molecule has 22 heavy (non-hydrogen) atoms. The van der Waals surface area contributed by atoms with E-state index in [1.54, 1.807) is 13.0 Å². The Morgan fingerprint density at radius 2 is 2.00 bits per heavy atom. The molecule has 5 heteroatoms. The Kier molecular flexibility index (Phi) is 5.61. The van der Waals surface area contributed by atoms with Gasteiger partial charge in [0.2, 0.25) is 11.8 Å². The molecule has 1 saturated heterocycles. The topological polar surface area (TPSA) is 49.4 Å². The predicted octanol–water partition coefficient (Wildman–Crippen LogP) is 2.79. The monoisotopic (exact) mass is 320 g/mol. The van der Waals surface area contributed by atoms with E-state index in [0.29, 0.717) is 18.1 Å². The van der Waals surface area contributed by atoms with Gasteiger partial charge in [0.05, 0.1) is 0 Å². The van der Waals surface area contributed by atoms with E-state index in [4.69, 9.17) is 11.6 Å². The van der Waals surface area contributed by atoms with Crippen LogP contribution in [0.2, 0.25) is 5.02 Å². The molecule has 0 unspecified atom stereocenters. The summed E-state index contributed by atoms with van der Waals surface area (Å²) in [7, 11) is 0. The van der Waals surface area contributed by atoms with E-state index in [0.717, 1.165) is 24.0 Å². The molecule has 118 valence electrons. The van der Waals surface area contributed by atoms with Crippen molar-refractivity contribution in [3.05, 3.63) is 40.4 Å². The number of aryl methyl sites for hydroxylation is 1. The number of carbonyl (C=O) groups excluding carboxylic acids is 2. The number of hydrogen-bond donors (Lipinski definition) is 1. The number of nitrogens with zero attached hydrogens (tertiary/aromatic N) is 1. The number of likely N-dealkylation sites (tertiary alicyclic amines) is 1. The van der Waals surface area contributed by atoms with Crippen LogP contribution in [-0.2, 0) is 9.59 Å². The molecule has 0 aromatic heterocycles. The third kappa shape index (κ3) is 4.60. The molecule has 1 aromatic rings. The highest BCUT2D eigenvalue weighted by Crippen LogP contribution is 2.17. The summed E-state index contributed by atoms with van der Waals surface area (Å²) < 4.78 is 0. The fourth-order valence-corrected chi connectivity index (χ4v) is 2.66. The summed E-state index contributed by atoms with van der Waals surface area (Å²) in [4.78, 5) is 25.0. The van der Waals surface area contributed by atoms with Crippen molar-refractivity contribution in [3.63, 3.8) is 0 Å². The Morgan fingerprint density at radius 3 is 2.59 bits per heavy atom. The zero-order valence-corrected chi connectivity index (χ0v) is 13.7. The molecule has 2 amide bonds. The highest BCUT2D eigenvalue weighted by Gasteiger charge is 2.21. The Bertz CT molecular complexity index is 590. The lowest BCUT2D eigenvalue weighted by Gasteiger charge is -2.31. The molecule has 2 rings (SSSR count). The van der Waals surface area contributed by atoms with E-state index in [1.165, 1.54) is 6.08 Å². The molecule has 1 fully saturated rings. The SMILES string of the molecule is CC(=O)N1CCC(NC(=O)C=Cc2ccc(C)c(Cl)c2)CC1. The lowest BCUT2D eigenvalue weighted by atomic mass is 10.0. The Morgan fingerprint density at radius 1 is 1.32 bits per heavy atom. The third-order valence-electron chi connectivity index (χ3n) is 3.91. The van der Waals surface area contributed by atoms with Crippen molar-refractivity contribution in [2.45, 2.75) is 32.7 Å². The fourth-order valence-electron chi connectivity index (χ4n) is 2.47. The zero-order chi connectivity index (χ0) is 16.1. The molecule has 0 saturated carbocycles. The minimum absolute atomic E-state index is 0.0981. The van der Waals surface area contributed by atoms with Gasteiger partial charge in [-0.1, -0.05) is 23.7 Å². The van der Waals surface area contributed by atoms with E-state index < -0.39 is 0 Å². The summed E-state index contributed by atoms with van der Waals surface area (Å²) in [6, 6.07) is 5.83. The van der Waals surface area contributed by atoms with Gasteiger partial charge in [-0.15, -0.1) is 0 Å². The van der Waals surface area contributed by atoms with E-state index in [-0.39, 0.29) is 17.9 Å². The summed E-state index contributed by atoms with van der Waals surface area (Å²) in [5.74, 6) is -0.0149. The van der Waals surface area contributed by atoms with Crippen LogP contribution in [0.1, 0.15) is 30.9 Å². The molecule has 1 aromatic carbocycles. The smallest absolute Gasteiger partial charge is 0.244 e. The maximum Gasteiger partial charge on any atom is 0.244 e. The lowest BCUT2D eigenvalue weighted by Crippen LogP contribution is -2.45. The quantitative estimate of drug-likeness (QED) is 0.871. The second kappa shape index (κ2) is 7.45. The summed E-state index contributed by atoms with van der Waals surface area (Å²) in [6.07, 6.45) is 4.88. The normalized spacial score (nSPS) is 16.0. The Balaban J connectivity index is 1.84. The van der Waals surface area contributed by atoms with E-state index in [9.17, 15) is 9.59 Å². The molecule has 0 atom stereocenters. The van der Waals surface area contributed by atoms with Crippen molar-refractivity contribution in [1.29, 1.82) is 0 Å². The van der Waals surface area contributed by atoms with Crippen molar-refractivity contribution in [1.82, 2.24) is 10.2 Å². The van der Waals surface area contributed by atoms with Crippen molar-refractivity contribution in [2.75, 3.05) is 13.1 Å². The van der Waals surface area contributed by atoms with Gasteiger partial charge in [-0.05, 0) is 43.0 Å². The van der Waals surface area contributed by atoms with E-state index in [2.05, 4.69) is 5.32 Å². The van der Waals surface area contributed by atoms with Crippen molar-refractivity contribution < 1.29 is 9.59 Å². The minimum Gasteiger partial charge on any atom is -0.350 e. The van der Waals surface area contributed by atoms with Crippen LogP contribution in [0.5, 0.6) is 0 Å². The summed E-state index contributed by atoms with van der Waals surface area (Å²) in [6.45, 7) is 4.93. The fraction of sp³-hybridized carbons (Fsp3) is 0.412. The first-order valence-electron chi connectivity index (χ1n) is 7.46. The van der Waals surface area contributed by atoms with Gasteiger partial charge in [0.25, 0.3) is 0 Å². The average Bonchev–Trinajstić information content (AvgIpc) is 2.49. The first kappa shape index (κ1) is 16.6. The number of benzene rings is 1. The number of amides is 2. The van der Waals surface area contributed by atoms with Crippen LogP contribution in [0.3, 0.4) is 0 Å². The lowest BCUT2D eigenvalue weighted by molar-refractivity contribution is -0.129. The molecule has 4 nitrogen and oxygen atoms in total. The first-order valence-corrected chi connectivity index (χ1v) is 7.84. The summed E-state index contributed by atoms with van der Waals surface area (Å²) >= 11 is 6.06. The number of rotatable bonds is 3. The summed E-state index contributed by atoms with van der Waals surface area (Å²) in [5, 5.41) is 3.67. The minimum atomic E-state index is -0.113. The van der Waals surface area contributed by atoms with Gasteiger partial charge in [0, 0.05) is 37.2 Å². The van der Waals surface area contributed by atoms with Crippen LogP contribution in [0, 0.1) is 6.92 Å². The molecule has 0 radical (unpaired) electrons. The predicted molar refractivity (Wildman–Crippen MR) is 88.6 cm³/mol. The van der Waals surface area contributed by atoms with Crippen LogP contribution in [0.25, 0.3) is 6.08 Å². The molecule has 0 bridgehead atoms. The number of halogens is 1. The van der Waals surface area contributed by atoms with Gasteiger partial charge < -0.3 is 10.2 Å². The first-order chi connectivity index (χ1) is 10.5. The molecule has 1 N–H and O–H groups in total. The number of carbonyl (C=O) groups is 2. The van der Waals surface area contributed by atoms with Crippen molar-refractivity contribution in [2.24, 2.45) is 0 Å². The third-order valence-corrected chi connectivity index (χ3v) is 4.32. The molecular formula is C17H21ClN2O2. The van der Waals surface area contributed by atoms with Gasteiger partial charge in [0.1, 0.15) is 0 Å². The highest BCUT2D eigenvalue weighted by atomic mass is 35.5. The van der Waals surface area contributed by atoms with Crippen LogP contribution < -0.4 is 5.32 Å². The van der Waals surface area contributed by atoms with Gasteiger partial charge >= 0.3 is 0 Å². The Labute approximate surface area is 136 Å². The molecule has 1 heterocycles. The van der Waals surface area contributed by atoms with Crippen LogP contribution in [0.15, 0.2) is 24.3 Å². The molecule has 1 aliphatic rings. The van der Waals surface area contributed by atoms with E-state index in [1.807, 2.05) is 30.0 Å². The largest absolute Gasteiger partial charge is 0.350 e. The molecule has 0 spiro atoms. The standard InChI is InChI=1S/C17H21ClN2O2/c1-12-3-4-14(11-16(12)18)5-6-17(22)19-15-7-9-20(10-8-15)13(2)21/h3-6,11,15H,7-10H2,1-2H3,(H,19,22). The van der Waals surface area contributed by atoms with Gasteiger partial charge in [-0.25, -0.2) is 0 Å². The molecule has 0 aliphatic carbocycles. The van der Waals surface area contributed by atoms with Gasteiger partial charge in [-0.2, -0.15) is 0 Å².